The number of rotatable bonds is 3. The Bertz CT molecular complexity index is 537. The van der Waals surface area contributed by atoms with Crippen molar-refractivity contribution in [2.45, 2.75) is 12.5 Å². The van der Waals surface area contributed by atoms with Crippen LogP contribution in [0.25, 0.3) is 0 Å². The minimum atomic E-state index is -0.207. The van der Waals surface area contributed by atoms with Crippen LogP contribution in [0.2, 0.25) is 15.1 Å². The summed E-state index contributed by atoms with van der Waals surface area (Å²) >= 11 is 18.0. The molecule has 2 nitrogen and oxygen atoms in total. The number of pyridine rings is 1. The van der Waals surface area contributed by atoms with E-state index < -0.39 is 0 Å². The lowest BCUT2D eigenvalue weighted by Crippen LogP contribution is -2.13. The van der Waals surface area contributed by atoms with Gasteiger partial charge in [-0.25, -0.2) is 0 Å². The van der Waals surface area contributed by atoms with Crippen LogP contribution < -0.4 is 5.73 Å². The molecule has 1 unspecified atom stereocenters. The fraction of sp³-hybridized carbons (Fsp3) is 0.154. The molecule has 0 amide bonds. The van der Waals surface area contributed by atoms with Gasteiger partial charge in [0.05, 0.1) is 5.02 Å². The van der Waals surface area contributed by atoms with Crippen molar-refractivity contribution in [3.63, 3.8) is 0 Å². The molecule has 18 heavy (non-hydrogen) atoms. The van der Waals surface area contributed by atoms with Crippen molar-refractivity contribution >= 4 is 34.8 Å². The van der Waals surface area contributed by atoms with Gasteiger partial charge in [0.1, 0.15) is 0 Å². The largest absolute Gasteiger partial charge is 0.324 e. The monoisotopic (exact) mass is 300 g/mol. The van der Waals surface area contributed by atoms with Crippen LogP contribution in [0.1, 0.15) is 17.2 Å². The minimum absolute atomic E-state index is 0.207. The Morgan fingerprint density at radius 2 is 1.78 bits per heavy atom. The number of benzene rings is 1. The van der Waals surface area contributed by atoms with Crippen molar-refractivity contribution in [1.82, 2.24) is 4.98 Å². The van der Waals surface area contributed by atoms with E-state index in [1.165, 1.54) is 0 Å². The molecule has 0 spiro atoms. The molecule has 5 heteroatoms. The van der Waals surface area contributed by atoms with Gasteiger partial charge < -0.3 is 5.73 Å². The highest BCUT2D eigenvalue weighted by Crippen LogP contribution is 2.26. The fourth-order valence-electron chi connectivity index (χ4n) is 1.71. The van der Waals surface area contributed by atoms with Crippen molar-refractivity contribution in [3.8, 4) is 0 Å². The van der Waals surface area contributed by atoms with E-state index in [1.54, 1.807) is 18.5 Å². The number of halogens is 3. The summed E-state index contributed by atoms with van der Waals surface area (Å²) in [7, 11) is 0. The zero-order valence-corrected chi connectivity index (χ0v) is 11.7. The molecular weight excluding hydrogens is 291 g/mol. The number of nitrogens with two attached hydrogens (primary N) is 1. The number of aromatic nitrogens is 1. The van der Waals surface area contributed by atoms with Gasteiger partial charge in [0.15, 0.2) is 0 Å². The standard InChI is InChI=1S/C13H11Cl3N2/c14-10-3-9(4-11(15)6-10)13(17)5-8-1-2-18-7-12(8)16/h1-4,6-7,13H,5,17H2. The van der Waals surface area contributed by atoms with Gasteiger partial charge in [-0.2, -0.15) is 0 Å². The first-order valence-corrected chi connectivity index (χ1v) is 6.49. The first kappa shape index (κ1) is 13.6. The lowest BCUT2D eigenvalue weighted by Gasteiger charge is -2.13. The summed E-state index contributed by atoms with van der Waals surface area (Å²) in [5, 5.41) is 1.77. The molecule has 2 N–H and O–H groups in total. The van der Waals surface area contributed by atoms with Crippen molar-refractivity contribution in [1.29, 1.82) is 0 Å². The zero-order valence-electron chi connectivity index (χ0n) is 9.41. The Kier molecular flexibility index (Phi) is 4.46. The molecule has 0 radical (unpaired) electrons. The molecular formula is C13H11Cl3N2. The summed E-state index contributed by atoms with van der Waals surface area (Å²) in [6.07, 6.45) is 3.91. The average Bonchev–Trinajstić information content (AvgIpc) is 2.31. The van der Waals surface area contributed by atoms with Gasteiger partial charge in [0.2, 0.25) is 0 Å². The van der Waals surface area contributed by atoms with E-state index in [9.17, 15) is 0 Å². The second kappa shape index (κ2) is 5.89. The summed E-state index contributed by atoms with van der Waals surface area (Å²) in [4.78, 5) is 3.94. The van der Waals surface area contributed by atoms with Gasteiger partial charge in [-0.1, -0.05) is 34.8 Å². The van der Waals surface area contributed by atoms with Gasteiger partial charge in [-0.05, 0) is 41.8 Å². The molecule has 1 aromatic heterocycles. The molecule has 0 bridgehead atoms. The lowest BCUT2D eigenvalue weighted by atomic mass is 10.0. The summed E-state index contributed by atoms with van der Waals surface area (Å²) in [6.45, 7) is 0. The topological polar surface area (TPSA) is 38.9 Å². The van der Waals surface area contributed by atoms with Crippen LogP contribution in [0.15, 0.2) is 36.7 Å². The Morgan fingerprint density at radius 1 is 1.11 bits per heavy atom. The first-order chi connectivity index (χ1) is 8.56. The molecule has 0 saturated heterocycles. The van der Waals surface area contributed by atoms with Crippen LogP contribution >= 0.6 is 34.8 Å². The fourth-order valence-corrected chi connectivity index (χ4v) is 2.45. The average molecular weight is 302 g/mol. The van der Waals surface area contributed by atoms with E-state index >= 15 is 0 Å². The number of hydrogen-bond acceptors (Lipinski definition) is 2. The summed E-state index contributed by atoms with van der Waals surface area (Å²) < 4.78 is 0. The van der Waals surface area contributed by atoms with Gasteiger partial charge in [-0.15, -0.1) is 0 Å². The number of nitrogens with zero attached hydrogens (tertiary/aromatic N) is 1. The highest BCUT2D eigenvalue weighted by atomic mass is 35.5. The van der Waals surface area contributed by atoms with Crippen LogP contribution in [0.4, 0.5) is 0 Å². The Hall–Kier alpha value is -0.800. The van der Waals surface area contributed by atoms with Crippen molar-refractivity contribution < 1.29 is 0 Å². The Balaban J connectivity index is 2.22. The molecule has 1 aromatic carbocycles. The molecule has 1 atom stereocenters. The highest BCUT2D eigenvalue weighted by molar-refractivity contribution is 6.34. The highest BCUT2D eigenvalue weighted by Gasteiger charge is 2.11. The van der Waals surface area contributed by atoms with Gasteiger partial charge in [-0.3, -0.25) is 4.98 Å². The van der Waals surface area contributed by atoms with Gasteiger partial charge in [0, 0.05) is 28.5 Å². The molecule has 2 aromatic rings. The normalized spacial score (nSPS) is 12.4. The third kappa shape index (κ3) is 3.36. The second-order valence-electron chi connectivity index (χ2n) is 3.98. The molecule has 0 aliphatic carbocycles. The zero-order chi connectivity index (χ0) is 13.1. The molecule has 0 fully saturated rings. The van der Waals surface area contributed by atoms with Crippen LogP contribution in [0.5, 0.6) is 0 Å². The maximum Gasteiger partial charge on any atom is 0.0622 e. The third-order valence-electron chi connectivity index (χ3n) is 2.61. The van der Waals surface area contributed by atoms with E-state index in [1.807, 2.05) is 18.2 Å². The van der Waals surface area contributed by atoms with E-state index in [0.717, 1.165) is 11.1 Å². The van der Waals surface area contributed by atoms with Gasteiger partial charge >= 0.3 is 0 Å². The van der Waals surface area contributed by atoms with Crippen LogP contribution in [-0.4, -0.2) is 4.98 Å². The van der Waals surface area contributed by atoms with Crippen LogP contribution in [0, 0.1) is 0 Å². The van der Waals surface area contributed by atoms with E-state index in [2.05, 4.69) is 4.98 Å². The van der Waals surface area contributed by atoms with Crippen molar-refractivity contribution in [2.24, 2.45) is 5.73 Å². The molecule has 2 rings (SSSR count). The predicted molar refractivity (Wildman–Crippen MR) is 76.3 cm³/mol. The third-order valence-corrected chi connectivity index (χ3v) is 3.39. The van der Waals surface area contributed by atoms with Crippen molar-refractivity contribution in [2.75, 3.05) is 0 Å². The number of hydrogen-bond donors (Lipinski definition) is 1. The molecule has 1 heterocycles. The Labute approximate surface area is 121 Å². The molecule has 94 valence electrons. The van der Waals surface area contributed by atoms with Gasteiger partial charge in [0.25, 0.3) is 0 Å². The second-order valence-corrected chi connectivity index (χ2v) is 5.26. The SMILES string of the molecule is NC(Cc1ccncc1Cl)c1cc(Cl)cc(Cl)c1. The summed E-state index contributed by atoms with van der Waals surface area (Å²) in [6, 6.07) is 6.95. The molecule has 0 aliphatic heterocycles. The molecule has 0 aliphatic rings. The van der Waals surface area contributed by atoms with E-state index in [-0.39, 0.29) is 6.04 Å². The quantitative estimate of drug-likeness (QED) is 0.918. The minimum Gasteiger partial charge on any atom is -0.324 e. The predicted octanol–water partition coefficient (Wildman–Crippen LogP) is 4.28. The molecule has 0 saturated carbocycles. The first-order valence-electron chi connectivity index (χ1n) is 5.36. The van der Waals surface area contributed by atoms with Crippen molar-refractivity contribution in [3.05, 3.63) is 62.9 Å². The lowest BCUT2D eigenvalue weighted by molar-refractivity contribution is 0.721. The summed E-state index contributed by atoms with van der Waals surface area (Å²) in [5.41, 5.74) is 7.98. The van der Waals surface area contributed by atoms with E-state index in [0.29, 0.717) is 21.5 Å². The maximum atomic E-state index is 6.14. The van der Waals surface area contributed by atoms with Crippen LogP contribution in [0.3, 0.4) is 0 Å². The maximum absolute atomic E-state index is 6.14. The smallest absolute Gasteiger partial charge is 0.0622 e. The van der Waals surface area contributed by atoms with E-state index in [4.69, 9.17) is 40.5 Å². The summed E-state index contributed by atoms with van der Waals surface area (Å²) in [5.74, 6) is 0. The Morgan fingerprint density at radius 3 is 2.39 bits per heavy atom. The van der Waals surface area contributed by atoms with Crippen LogP contribution in [-0.2, 0) is 6.42 Å².